The number of benzene rings is 2. The van der Waals surface area contributed by atoms with Gasteiger partial charge in [-0.25, -0.2) is 0 Å². The number of carbonyl (C=O) groups excluding carboxylic acids is 5. The minimum atomic E-state index is -2.33. The van der Waals surface area contributed by atoms with E-state index in [4.69, 9.17) is 23.7 Å². The van der Waals surface area contributed by atoms with E-state index in [1.54, 1.807) is 0 Å². The summed E-state index contributed by atoms with van der Waals surface area (Å²) in [7, 11) is 1.30. The molecule has 5 rings (SSSR count). The molecule has 0 radical (unpaired) electrons. The number of hydrogen-bond donors (Lipinski definition) is 4. The molecule has 240 valence electrons. The largest absolute Gasteiger partial charge is 0.507 e. The summed E-state index contributed by atoms with van der Waals surface area (Å²) >= 11 is 0. The lowest BCUT2D eigenvalue weighted by Crippen LogP contribution is -2.52. The van der Waals surface area contributed by atoms with Gasteiger partial charge in [0.15, 0.2) is 24.0 Å². The third-order valence-corrected chi connectivity index (χ3v) is 8.29. The zero-order valence-corrected chi connectivity index (χ0v) is 24.8. The van der Waals surface area contributed by atoms with Gasteiger partial charge in [-0.1, -0.05) is 12.1 Å². The van der Waals surface area contributed by atoms with Gasteiger partial charge in [-0.05, 0) is 13.0 Å². The molecule has 0 saturated carbocycles. The molecule has 1 aliphatic heterocycles. The van der Waals surface area contributed by atoms with E-state index in [0.29, 0.717) is 0 Å². The van der Waals surface area contributed by atoms with Crippen LogP contribution in [0.2, 0.25) is 0 Å². The van der Waals surface area contributed by atoms with E-state index in [1.807, 2.05) is 0 Å². The molecule has 4 N–H and O–H groups in total. The van der Waals surface area contributed by atoms with Gasteiger partial charge in [0.05, 0.1) is 36.0 Å². The minimum absolute atomic E-state index is 0.0623. The van der Waals surface area contributed by atoms with Crippen LogP contribution in [0.3, 0.4) is 0 Å². The van der Waals surface area contributed by atoms with Gasteiger partial charge in [-0.2, -0.15) is 0 Å². The van der Waals surface area contributed by atoms with Crippen molar-refractivity contribution >= 4 is 29.3 Å². The van der Waals surface area contributed by atoms with Gasteiger partial charge in [0.25, 0.3) is 0 Å². The van der Waals surface area contributed by atoms with E-state index in [9.17, 15) is 44.4 Å². The molecule has 0 aromatic heterocycles. The number of ether oxygens (including phenoxy) is 5. The highest BCUT2D eigenvalue weighted by atomic mass is 16.7. The van der Waals surface area contributed by atoms with Crippen molar-refractivity contribution in [3.8, 4) is 17.2 Å². The first-order valence-corrected chi connectivity index (χ1v) is 14.1. The minimum Gasteiger partial charge on any atom is -0.507 e. The Balaban J connectivity index is 1.62. The molecular weight excluding hydrogens is 596 g/mol. The summed E-state index contributed by atoms with van der Waals surface area (Å²) < 4.78 is 28.0. The van der Waals surface area contributed by atoms with Crippen LogP contribution in [0, 0.1) is 0 Å². The summed E-state index contributed by atoms with van der Waals surface area (Å²) in [4.78, 5) is 63.7. The molecular formula is C31H32O14. The Labute approximate surface area is 256 Å². The van der Waals surface area contributed by atoms with Crippen molar-refractivity contribution in [2.45, 2.75) is 76.3 Å². The second kappa shape index (κ2) is 11.9. The molecule has 1 fully saturated rings. The van der Waals surface area contributed by atoms with Crippen LogP contribution in [-0.4, -0.2) is 93.6 Å². The van der Waals surface area contributed by atoms with Crippen molar-refractivity contribution in [2.24, 2.45) is 0 Å². The average Bonchev–Trinajstić information content (AvgIpc) is 2.97. The molecule has 0 amide bonds. The highest BCUT2D eigenvalue weighted by Gasteiger charge is 2.51. The zero-order valence-electron chi connectivity index (χ0n) is 24.8. The molecule has 4 unspecified atom stereocenters. The van der Waals surface area contributed by atoms with Crippen molar-refractivity contribution in [2.75, 3.05) is 13.7 Å². The maximum absolute atomic E-state index is 13.8. The zero-order chi connectivity index (χ0) is 33.0. The average molecular weight is 629 g/mol. The van der Waals surface area contributed by atoms with E-state index in [1.165, 1.54) is 39.2 Å². The van der Waals surface area contributed by atoms with Crippen LogP contribution < -0.4 is 4.74 Å². The normalized spacial score (nSPS) is 27.1. The van der Waals surface area contributed by atoms with Crippen molar-refractivity contribution in [3.63, 3.8) is 0 Å². The SMILES string of the molecule is COc1cccc2c1C(=O)c1c(O)c3c(c(O)c1C2=O)C[C@@](O)(C(=O)CO)C[C@@H]3OC1CC(OC(C)=O)C(OC(C)=O)C(C)O1. The van der Waals surface area contributed by atoms with Crippen LogP contribution in [0.5, 0.6) is 17.2 Å². The van der Waals surface area contributed by atoms with Gasteiger partial charge in [0.1, 0.15) is 35.6 Å². The summed E-state index contributed by atoms with van der Waals surface area (Å²) in [5, 5.41) is 44.1. The van der Waals surface area contributed by atoms with Gasteiger partial charge >= 0.3 is 11.9 Å². The lowest BCUT2D eigenvalue weighted by Gasteiger charge is -2.43. The number of ketones is 3. The smallest absolute Gasteiger partial charge is 0.303 e. The summed E-state index contributed by atoms with van der Waals surface area (Å²) in [5.74, 6) is -5.40. The molecule has 6 atom stereocenters. The predicted molar refractivity (Wildman–Crippen MR) is 149 cm³/mol. The molecule has 45 heavy (non-hydrogen) atoms. The first kappa shape index (κ1) is 32.0. The topological polar surface area (TPSA) is 212 Å². The number of aliphatic hydroxyl groups excluding tert-OH is 1. The van der Waals surface area contributed by atoms with Gasteiger partial charge < -0.3 is 44.1 Å². The fourth-order valence-corrected chi connectivity index (χ4v) is 6.36. The molecule has 14 heteroatoms. The van der Waals surface area contributed by atoms with Gasteiger partial charge in [0.2, 0.25) is 5.78 Å². The van der Waals surface area contributed by atoms with Crippen LogP contribution in [0.4, 0.5) is 0 Å². The Bertz CT molecular complexity index is 1610. The first-order valence-electron chi connectivity index (χ1n) is 14.1. The number of Topliss-reactive ketones (excluding diaryl/α,β-unsaturated/α-hetero) is 1. The summed E-state index contributed by atoms with van der Waals surface area (Å²) in [6.45, 7) is 2.80. The summed E-state index contributed by atoms with van der Waals surface area (Å²) in [6, 6.07) is 4.30. The summed E-state index contributed by atoms with van der Waals surface area (Å²) in [6.07, 6.45) is -7.02. The van der Waals surface area contributed by atoms with Crippen LogP contribution in [0.1, 0.15) is 82.7 Å². The molecule has 2 aliphatic carbocycles. The van der Waals surface area contributed by atoms with Crippen molar-refractivity contribution in [1.29, 1.82) is 0 Å². The number of hydrogen-bond acceptors (Lipinski definition) is 14. The molecule has 2 aromatic rings. The molecule has 0 bridgehead atoms. The number of phenolic OH excluding ortho intramolecular Hbond substituents is 2. The number of esters is 2. The fourth-order valence-electron chi connectivity index (χ4n) is 6.36. The van der Waals surface area contributed by atoms with E-state index >= 15 is 0 Å². The number of carbonyl (C=O) groups is 5. The Kier molecular flexibility index (Phi) is 8.44. The van der Waals surface area contributed by atoms with Gasteiger partial charge in [-0.3, -0.25) is 24.0 Å². The highest BCUT2D eigenvalue weighted by Crippen LogP contribution is 2.52. The first-order chi connectivity index (χ1) is 21.2. The van der Waals surface area contributed by atoms with Gasteiger partial charge in [0, 0.05) is 49.8 Å². The van der Waals surface area contributed by atoms with Crippen LogP contribution in [0.15, 0.2) is 18.2 Å². The molecule has 1 saturated heterocycles. The number of methoxy groups -OCH3 is 1. The third-order valence-electron chi connectivity index (χ3n) is 8.29. The van der Waals surface area contributed by atoms with E-state index < -0.39 is 108 Å². The number of rotatable bonds is 7. The quantitative estimate of drug-likeness (QED) is 0.214. The molecule has 1 heterocycles. The number of aliphatic hydroxyl groups is 2. The number of aromatic hydroxyl groups is 2. The Morgan fingerprint density at radius 1 is 1.00 bits per heavy atom. The Morgan fingerprint density at radius 3 is 2.29 bits per heavy atom. The molecule has 3 aliphatic rings. The second-order valence-electron chi connectivity index (χ2n) is 11.2. The Hall–Kier alpha value is -4.37. The number of phenols is 2. The number of fused-ring (bicyclic) bond motifs is 3. The van der Waals surface area contributed by atoms with Gasteiger partial charge in [-0.15, -0.1) is 0 Å². The second-order valence-corrected chi connectivity index (χ2v) is 11.2. The molecule has 14 nitrogen and oxygen atoms in total. The maximum Gasteiger partial charge on any atom is 0.303 e. The van der Waals surface area contributed by atoms with Crippen molar-refractivity contribution in [3.05, 3.63) is 51.6 Å². The maximum atomic E-state index is 13.8. The van der Waals surface area contributed by atoms with Crippen molar-refractivity contribution < 1.29 is 68.1 Å². The third kappa shape index (κ3) is 5.43. The van der Waals surface area contributed by atoms with E-state index in [-0.39, 0.29) is 34.4 Å². The lowest BCUT2D eigenvalue weighted by molar-refractivity contribution is -0.272. The Morgan fingerprint density at radius 2 is 1.67 bits per heavy atom. The summed E-state index contributed by atoms with van der Waals surface area (Å²) in [5.41, 5.74) is -4.04. The predicted octanol–water partition coefficient (Wildman–Crippen LogP) is 1.18. The van der Waals surface area contributed by atoms with Crippen LogP contribution in [-0.2, 0) is 39.8 Å². The van der Waals surface area contributed by atoms with Crippen LogP contribution in [0.25, 0.3) is 0 Å². The van der Waals surface area contributed by atoms with Crippen LogP contribution >= 0.6 is 0 Å². The highest BCUT2D eigenvalue weighted by molar-refractivity contribution is 6.31. The lowest BCUT2D eigenvalue weighted by atomic mass is 9.72. The molecule has 0 spiro atoms. The standard InChI is InChI=1S/C31H32O14/c1-12-30(44-14(3)34)18(43-13(2)33)8-21(42-12)45-19-10-31(40,20(35)11-32)9-16-23(19)29(39)25-24(27(16)37)26(36)15-6-5-7-17(41-4)22(15)28(25)38/h5-7,12,18-19,21,30,32,37,39-40H,8-11H2,1-4H3/t12?,18?,19-,21?,30?,31-/m0/s1. The van der Waals surface area contributed by atoms with E-state index in [0.717, 1.165) is 6.92 Å². The van der Waals surface area contributed by atoms with Crippen molar-refractivity contribution in [1.82, 2.24) is 0 Å². The fraction of sp³-hybridized carbons (Fsp3) is 0.452. The molecule has 2 aromatic carbocycles. The van der Waals surface area contributed by atoms with E-state index in [2.05, 4.69) is 0 Å². The monoisotopic (exact) mass is 628 g/mol.